The third-order valence-electron chi connectivity index (χ3n) is 4.10. The number of benzene rings is 4. The van der Waals surface area contributed by atoms with E-state index in [0.717, 1.165) is 9.32 Å². The van der Waals surface area contributed by atoms with E-state index >= 15 is 0 Å². The second kappa shape index (κ2) is 11.0. The predicted molar refractivity (Wildman–Crippen MR) is 131 cm³/mol. The summed E-state index contributed by atoms with van der Waals surface area (Å²) in [6.07, 6.45) is 0. The molecule has 4 rings (SSSR count). The summed E-state index contributed by atoms with van der Waals surface area (Å²) >= 11 is 2.24. The van der Waals surface area contributed by atoms with Crippen LogP contribution in [0.15, 0.2) is 115 Å². The van der Waals surface area contributed by atoms with Gasteiger partial charge in [-0.15, -0.1) is 0 Å². The second-order valence-electron chi connectivity index (χ2n) is 5.98. The molecule has 0 aliphatic heterocycles. The maximum Gasteiger partial charge on any atom is 0.132 e. The lowest BCUT2D eigenvalue weighted by Gasteiger charge is -2.18. The van der Waals surface area contributed by atoms with Crippen molar-refractivity contribution in [3.05, 3.63) is 119 Å². The molecule has 0 radical (unpaired) electrons. The van der Waals surface area contributed by atoms with Gasteiger partial charge in [0.1, 0.15) is 5.75 Å². The van der Waals surface area contributed by atoms with Crippen molar-refractivity contribution in [1.29, 1.82) is 0 Å². The number of hydrogen-bond donors (Lipinski definition) is 0. The molecule has 0 fully saturated rings. The van der Waals surface area contributed by atoms with Crippen molar-refractivity contribution in [3.63, 3.8) is 0 Å². The van der Waals surface area contributed by atoms with Gasteiger partial charge in [0.25, 0.3) is 0 Å². The number of para-hydroxylation sites is 1. The Labute approximate surface area is 182 Å². The quantitative estimate of drug-likeness (QED) is 0.259. The molecule has 0 spiro atoms. The predicted octanol–water partition coefficient (Wildman–Crippen LogP) is 5.74. The maximum atomic E-state index is 5.04. The fraction of sp³-hybridized carbons (Fsp3) is 0.0400. The van der Waals surface area contributed by atoms with Gasteiger partial charge < -0.3 is 4.74 Å². The number of halogens is 1. The number of ether oxygens (including phenoxy) is 1. The smallest absolute Gasteiger partial charge is 0.132 e. The molecule has 0 unspecified atom stereocenters. The van der Waals surface area contributed by atoms with Crippen molar-refractivity contribution in [1.82, 2.24) is 0 Å². The first kappa shape index (κ1) is 20.6. The van der Waals surface area contributed by atoms with E-state index in [0.29, 0.717) is 0 Å². The first-order valence-electron chi connectivity index (χ1n) is 9.03. The molecule has 0 amide bonds. The van der Waals surface area contributed by atoms with Crippen molar-refractivity contribution in [3.8, 4) is 5.75 Å². The van der Waals surface area contributed by atoms with E-state index in [1.165, 1.54) is 15.9 Å². The Morgan fingerprint density at radius 3 is 1.21 bits per heavy atom. The third kappa shape index (κ3) is 5.67. The minimum atomic E-state index is -0.446. The number of methoxy groups -OCH3 is 1. The van der Waals surface area contributed by atoms with Crippen LogP contribution in [0.3, 0.4) is 0 Å². The Kier molecular flexibility index (Phi) is 8.07. The highest BCUT2D eigenvalue weighted by atomic mass is 127. The van der Waals surface area contributed by atoms with Crippen molar-refractivity contribution in [2.45, 2.75) is 0 Å². The normalized spacial score (nSPS) is 10.1. The summed E-state index contributed by atoms with van der Waals surface area (Å²) < 4.78 is 6.19. The fourth-order valence-corrected chi connectivity index (χ4v) is 5.70. The molecule has 3 heteroatoms. The molecule has 0 aromatic heterocycles. The molecule has 0 bridgehead atoms. The van der Waals surface area contributed by atoms with Crippen LogP contribution in [0, 0.1) is 3.57 Å². The van der Waals surface area contributed by atoms with Gasteiger partial charge in [-0.1, -0.05) is 103 Å². The fourth-order valence-electron chi connectivity index (χ4n) is 2.79. The van der Waals surface area contributed by atoms with Crippen molar-refractivity contribution in [2.24, 2.45) is 0 Å². The molecule has 1 nitrogen and oxygen atoms in total. The van der Waals surface area contributed by atoms with Crippen LogP contribution >= 0.6 is 30.5 Å². The Bertz CT molecular complexity index is 865. The standard InChI is InChI=1S/C18H15P.C7H7IO/c1-4-10-16(11-5-1)19(17-12-6-2-7-13-17)18-14-8-3-9-15-18;1-9-7-5-3-2-4-6(7)8/h1-15H;2-5H,1H3. The zero-order valence-corrected chi connectivity index (χ0v) is 18.8. The van der Waals surface area contributed by atoms with Gasteiger partial charge in [-0.2, -0.15) is 0 Å². The summed E-state index contributed by atoms with van der Waals surface area (Å²) in [4.78, 5) is 0. The van der Waals surface area contributed by atoms with Crippen LogP contribution in [0.4, 0.5) is 0 Å². The first-order chi connectivity index (χ1) is 13.8. The molecule has 140 valence electrons. The summed E-state index contributed by atoms with van der Waals surface area (Å²) in [6.45, 7) is 0. The van der Waals surface area contributed by atoms with E-state index in [9.17, 15) is 0 Å². The van der Waals surface area contributed by atoms with Crippen molar-refractivity contribution < 1.29 is 4.74 Å². The lowest BCUT2D eigenvalue weighted by molar-refractivity contribution is 0.412. The summed E-state index contributed by atoms with van der Waals surface area (Å²) in [5.41, 5.74) is 0. The van der Waals surface area contributed by atoms with Crippen LogP contribution in [0.2, 0.25) is 0 Å². The van der Waals surface area contributed by atoms with Gasteiger partial charge in [-0.05, 0) is 58.6 Å². The van der Waals surface area contributed by atoms with Gasteiger partial charge >= 0.3 is 0 Å². The summed E-state index contributed by atoms with van der Waals surface area (Å²) in [6, 6.07) is 40.2. The van der Waals surface area contributed by atoms with Crippen LogP contribution in [0.25, 0.3) is 0 Å². The van der Waals surface area contributed by atoms with Crippen LogP contribution in [-0.2, 0) is 0 Å². The minimum Gasteiger partial charge on any atom is -0.496 e. The van der Waals surface area contributed by atoms with Crippen molar-refractivity contribution in [2.75, 3.05) is 7.11 Å². The number of hydrogen-bond acceptors (Lipinski definition) is 1. The average Bonchev–Trinajstić information content (AvgIpc) is 2.77. The van der Waals surface area contributed by atoms with Gasteiger partial charge in [0.05, 0.1) is 10.7 Å². The molecule has 0 aliphatic rings. The topological polar surface area (TPSA) is 9.23 Å². The Hall–Kier alpha value is -2.16. The van der Waals surface area contributed by atoms with Gasteiger partial charge in [0.15, 0.2) is 0 Å². The van der Waals surface area contributed by atoms with Gasteiger partial charge in [0, 0.05) is 0 Å². The van der Waals surface area contributed by atoms with Crippen LogP contribution in [0.1, 0.15) is 0 Å². The summed E-state index contributed by atoms with van der Waals surface area (Å²) in [5.74, 6) is 0.943. The molecule has 0 saturated heterocycles. The largest absolute Gasteiger partial charge is 0.496 e. The van der Waals surface area contributed by atoms with Crippen LogP contribution in [-0.4, -0.2) is 7.11 Å². The molecule has 0 aliphatic carbocycles. The van der Waals surface area contributed by atoms with E-state index in [4.69, 9.17) is 4.74 Å². The average molecular weight is 496 g/mol. The van der Waals surface area contributed by atoms with E-state index in [1.54, 1.807) is 7.11 Å². The van der Waals surface area contributed by atoms with E-state index in [-0.39, 0.29) is 0 Å². The van der Waals surface area contributed by atoms with E-state index in [1.807, 2.05) is 24.3 Å². The monoisotopic (exact) mass is 496 g/mol. The Morgan fingerprint density at radius 2 is 0.893 bits per heavy atom. The molecule has 28 heavy (non-hydrogen) atoms. The Balaban J connectivity index is 0.000000211. The van der Waals surface area contributed by atoms with Crippen molar-refractivity contribution >= 4 is 46.4 Å². The zero-order chi connectivity index (χ0) is 19.6. The van der Waals surface area contributed by atoms with Gasteiger partial charge in [-0.3, -0.25) is 0 Å². The lowest BCUT2D eigenvalue weighted by atomic mass is 10.3. The molecule has 4 aromatic rings. The molecule has 0 atom stereocenters. The molecule has 4 aromatic carbocycles. The molecule has 0 heterocycles. The van der Waals surface area contributed by atoms with Crippen LogP contribution in [0.5, 0.6) is 5.75 Å². The van der Waals surface area contributed by atoms with E-state index in [2.05, 4.69) is 114 Å². The van der Waals surface area contributed by atoms with Gasteiger partial charge in [-0.25, -0.2) is 0 Å². The zero-order valence-electron chi connectivity index (χ0n) is 15.7. The number of rotatable bonds is 4. The molecule has 0 N–H and O–H groups in total. The summed E-state index contributed by atoms with van der Waals surface area (Å²) in [5, 5.41) is 4.19. The maximum absolute atomic E-state index is 5.04. The molecular formula is C25H22IOP. The highest BCUT2D eigenvalue weighted by molar-refractivity contribution is 14.1. The highest BCUT2D eigenvalue weighted by Crippen LogP contribution is 2.32. The molecular weight excluding hydrogens is 474 g/mol. The third-order valence-corrected chi connectivity index (χ3v) is 7.43. The van der Waals surface area contributed by atoms with Gasteiger partial charge in [0.2, 0.25) is 0 Å². The Morgan fingerprint density at radius 1 is 0.536 bits per heavy atom. The summed E-state index contributed by atoms with van der Waals surface area (Å²) in [7, 11) is 1.23. The van der Waals surface area contributed by atoms with Crippen LogP contribution < -0.4 is 20.7 Å². The molecule has 0 saturated carbocycles. The lowest BCUT2D eigenvalue weighted by Crippen LogP contribution is -2.20. The first-order valence-corrected chi connectivity index (χ1v) is 11.5. The minimum absolute atomic E-state index is 0.446. The highest BCUT2D eigenvalue weighted by Gasteiger charge is 2.14. The SMILES string of the molecule is COc1ccccc1I.c1ccc(P(c2ccccc2)c2ccccc2)cc1. The second-order valence-corrected chi connectivity index (χ2v) is 9.36. The van der Waals surface area contributed by atoms with E-state index < -0.39 is 7.92 Å².